The second kappa shape index (κ2) is 10.9. The molecule has 0 aromatic heterocycles. The lowest BCUT2D eigenvalue weighted by Crippen LogP contribution is -2.38. The van der Waals surface area contributed by atoms with Crippen LogP contribution >= 0.6 is 0 Å². The monoisotopic (exact) mass is 430 g/mol. The van der Waals surface area contributed by atoms with Crippen LogP contribution in [0.2, 0.25) is 0 Å². The third-order valence-electron chi connectivity index (χ3n) is 5.80. The Hall–Kier alpha value is -2.93. The average Bonchev–Trinajstić information content (AvgIpc) is 2.81. The predicted octanol–water partition coefficient (Wildman–Crippen LogP) is 3.93. The molecule has 0 radical (unpaired) electrons. The summed E-state index contributed by atoms with van der Waals surface area (Å²) in [7, 11) is 10.2. The number of nitrogens with zero attached hydrogens (tertiary/aromatic N) is 2. The molecule has 0 N–H and O–H groups in total. The largest absolute Gasteiger partial charge is 0.493 e. The van der Waals surface area contributed by atoms with Gasteiger partial charge >= 0.3 is 0 Å². The Morgan fingerprint density at radius 1 is 0.742 bits per heavy atom. The van der Waals surface area contributed by atoms with Crippen LogP contribution in [0.3, 0.4) is 0 Å². The van der Waals surface area contributed by atoms with Crippen molar-refractivity contribution in [3.05, 3.63) is 47.5 Å². The fourth-order valence-electron chi connectivity index (χ4n) is 3.38. The zero-order valence-electron chi connectivity index (χ0n) is 19.8. The van der Waals surface area contributed by atoms with Crippen molar-refractivity contribution in [3.63, 3.8) is 0 Å². The highest BCUT2D eigenvalue weighted by molar-refractivity contribution is 5.78. The molecule has 0 spiro atoms. The van der Waals surface area contributed by atoms with E-state index in [1.54, 1.807) is 33.3 Å². The van der Waals surface area contributed by atoms with Crippen LogP contribution in [0.4, 0.5) is 0 Å². The highest BCUT2D eigenvalue weighted by Gasteiger charge is 2.23. The van der Waals surface area contributed by atoms with Crippen molar-refractivity contribution in [3.8, 4) is 23.0 Å². The van der Waals surface area contributed by atoms with Crippen molar-refractivity contribution in [1.29, 1.82) is 0 Å². The first kappa shape index (κ1) is 24.3. The predicted molar refractivity (Wildman–Crippen MR) is 121 cm³/mol. The molecule has 170 valence electrons. The molecule has 7 nitrogen and oxygen atoms in total. The summed E-state index contributed by atoms with van der Waals surface area (Å²) >= 11 is 0. The van der Waals surface area contributed by atoms with Crippen LogP contribution in [0.1, 0.15) is 37.1 Å². The molecular formula is C24H34N2O5. The van der Waals surface area contributed by atoms with Crippen molar-refractivity contribution in [2.75, 3.05) is 49.1 Å². The lowest BCUT2D eigenvalue weighted by atomic mass is 10.1. The molecule has 2 atom stereocenters. The van der Waals surface area contributed by atoms with E-state index < -0.39 is 0 Å². The normalized spacial score (nSPS) is 12.8. The molecule has 2 aromatic carbocycles. The quantitative estimate of drug-likeness (QED) is 0.569. The van der Waals surface area contributed by atoms with Gasteiger partial charge in [0.15, 0.2) is 23.0 Å². The SMILES string of the molecule is COc1ccc([C@@H](C)N(C)CC(=O)N(C)[C@H](C)c2ccc(OC)c(OC)c2)cc1OC. The number of ether oxygens (including phenoxy) is 4. The molecule has 0 saturated heterocycles. The lowest BCUT2D eigenvalue weighted by molar-refractivity contribution is -0.133. The van der Waals surface area contributed by atoms with E-state index in [4.69, 9.17) is 18.9 Å². The minimum atomic E-state index is -0.114. The van der Waals surface area contributed by atoms with Gasteiger partial charge in [-0.15, -0.1) is 0 Å². The van der Waals surface area contributed by atoms with Crippen molar-refractivity contribution >= 4 is 5.91 Å². The molecule has 1 amide bonds. The summed E-state index contributed by atoms with van der Waals surface area (Å²) in [6, 6.07) is 11.4. The number of methoxy groups -OCH3 is 4. The highest BCUT2D eigenvalue weighted by Crippen LogP contribution is 2.33. The summed E-state index contributed by atoms with van der Waals surface area (Å²) in [5.41, 5.74) is 2.02. The Balaban J connectivity index is 2.09. The van der Waals surface area contributed by atoms with E-state index in [-0.39, 0.29) is 24.5 Å². The number of hydrogen-bond acceptors (Lipinski definition) is 6. The van der Waals surface area contributed by atoms with Gasteiger partial charge in [0.2, 0.25) is 5.91 Å². The molecule has 0 aliphatic carbocycles. The number of benzene rings is 2. The zero-order chi connectivity index (χ0) is 23.1. The van der Waals surface area contributed by atoms with E-state index in [1.807, 2.05) is 62.3 Å². The third-order valence-corrected chi connectivity index (χ3v) is 5.80. The smallest absolute Gasteiger partial charge is 0.237 e. The van der Waals surface area contributed by atoms with Gasteiger partial charge in [0.05, 0.1) is 41.0 Å². The Morgan fingerprint density at radius 2 is 1.16 bits per heavy atom. The van der Waals surface area contributed by atoms with E-state index in [0.29, 0.717) is 23.0 Å². The summed E-state index contributed by atoms with van der Waals surface area (Å²) in [5, 5.41) is 0. The van der Waals surface area contributed by atoms with Gasteiger partial charge in [-0.1, -0.05) is 12.1 Å². The maximum Gasteiger partial charge on any atom is 0.237 e. The highest BCUT2D eigenvalue weighted by atomic mass is 16.5. The van der Waals surface area contributed by atoms with E-state index in [0.717, 1.165) is 11.1 Å². The number of amides is 1. The lowest BCUT2D eigenvalue weighted by Gasteiger charge is -2.30. The van der Waals surface area contributed by atoms with Gasteiger partial charge in [-0.05, 0) is 56.3 Å². The third kappa shape index (κ3) is 5.61. The first-order valence-corrected chi connectivity index (χ1v) is 10.2. The molecule has 0 aliphatic rings. The summed E-state index contributed by atoms with van der Waals surface area (Å²) in [5.74, 6) is 2.69. The fourth-order valence-corrected chi connectivity index (χ4v) is 3.38. The van der Waals surface area contributed by atoms with Gasteiger partial charge in [0, 0.05) is 13.1 Å². The summed E-state index contributed by atoms with van der Waals surface area (Å²) in [6.45, 7) is 4.34. The zero-order valence-corrected chi connectivity index (χ0v) is 19.8. The molecule has 2 aromatic rings. The molecule has 7 heteroatoms. The second-order valence-corrected chi connectivity index (χ2v) is 7.50. The minimum Gasteiger partial charge on any atom is -0.493 e. The number of carbonyl (C=O) groups is 1. The number of carbonyl (C=O) groups excluding carboxylic acids is 1. The summed E-state index contributed by atoms with van der Waals surface area (Å²) < 4.78 is 21.4. The van der Waals surface area contributed by atoms with Crippen LogP contribution in [0, 0.1) is 0 Å². The summed E-state index contributed by atoms with van der Waals surface area (Å²) in [6.07, 6.45) is 0. The van der Waals surface area contributed by atoms with Gasteiger partial charge in [-0.3, -0.25) is 9.69 Å². The van der Waals surface area contributed by atoms with E-state index >= 15 is 0 Å². The molecule has 0 fully saturated rings. The van der Waals surface area contributed by atoms with Crippen LogP contribution in [-0.4, -0.2) is 64.8 Å². The Bertz CT molecular complexity index is 886. The standard InChI is InChI=1S/C24H34N2O5/c1-16(18-9-11-20(28-5)22(13-18)30-7)25(3)15-24(27)26(4)17(2)19-10-12-21(29-6)23(14-19)31-8/h9-14,16-17H,15H2,1-8H3/t16-,17-/m1/s1. The first-order valence-electron chi connectivity index (χ1n) is 10.2. The molecule has 0 aliphatic heterocycles. The Morgan fingerprint density at radius 3 is 1.58 bits per heavy atom. The van der Waals surface area contributed by atoms with Crippen LogP contribution in [0.25, 0.3) is 0 Å². The molecule has 0 saturated carbocycles. The van der Waals surface area contributed by atoms with Crippen LogP contribution in [0.5, 0.6) is 23.0 Å². The molecule has 2 rings (SSSR count). The summed E-state index contributed by atoms with van der Waals surface area (Å²) in [4.78, 5) is 16.8. The first-order chi connectivity index (χ1) is 14.8. The van der Waals surface area contributed by atoms with Gasteiger partial charge < -0.3 is 23.8 Å². The molecule has 31 heavy (non-hydrogen) atoms. The van der Waals surface area contributed by atoms with Crippen LogP contribution < -0.4 is 18.9 Å². The molecule has 0 unspecified atom stereocenters. The van der Waals surface area contributed by atoms with Crippen molar-refractivity contribution in [1.82, 2.24) is 9.80 Å². The Kier molecular flexibility index (Phi) is 8.56. The molecule has 0 bridgehead atoms. The van der Waals surface area contributed by atoms with Gasteiger partial charge in [0.1, 0.15) is 0 Å². The van der Waals surface area contributed by atoms with Gasteiger partial charge in [0.25, 0.3) is 0 Å². The molecular weight excluding hydrogens is 396 g/mol. The minimum absolute atomic E-state index is 0.0218. The van der Waals surface area contributed by atoms with E-state index in [1.165, 1.54) is 0 Å². The van der Waals surface area contributed by atoms with Crippen molar-refractivity contribution in [2.45, 2.75) is 25.9 Å². The number of likely N-dealkylation sites (N-methyl/N-ethyl adjacent to an activating group) is 2. The van der Waals surface area contributed by atoms with Crippen molar-refractivity contribution < 1.29 is 23.7 Å². The van der Waals surface area contributed by atoms with Crippen molar-refractivity contribution in [2.24, 2.45) is 0 Å². The Labute approximate surface area is 185 Å². The van der Waals surface area contributed by atoms with E-state index in [2.05, 4.69) is 6.92 Å². The van der Waals surface area contributed by atoms with E-state index in [9.17, 15) is 4.79 Å². The van der Waals surface area contributed by atoms with Gasteiger partial charge in [-0.25, -0.2) is 0 Å². The molecule has 0 heterocycles. The fraction of sp³-hybridized carbons (Fsp3) is 0.458. The second-order valence-electron chi connectivity index (χ2n) is 7.50. The maximum atomic E-state index is 13.0. The number of rotatable bonds is 10. The van der Waals surface area contributed by atoms with Crippen LogP contribution in [-0.2, 0) is 4.79 Å². The van der Waals surface area contributed by atoms with Gasteiger partial charge in [-0.2, -0.15) is 0 Å². The number of hydrogen-bond donors (Lipinski definition) is 0. The van der Waals surface area contributed by atoms with Crippen LogP contribution in [0.15, 0.2) is 36.4 Å². The average molecular weight is 431 g/mol. The topological polar surface area (TPSA) is 60.5 Å². The maximum absolute atomic E-state index is 13.0.